The Morgan fingerprint density at radius 1 is 1.30 bits per heavy atom. The molecular weight excluding hydrogens is 254 g/mol. The molecule has 5 heteroatoms. The van der Waals surface area contributed by atoms with Gasteiger partial charge in [0.15, 0.2) is 0 Å². The second-order valence-corrected chi connectivity index (χ2v) is 5.26. The number of benzene rings is 1. The van der Waals surface area contributed by atoms with Crippen LogP contribution in [0, 0.1) is 0 Å². The van der Waals surface area contributed by atoms with Gasteiger partial charge < -0.3 is 5.11 Å². The molecule has 112 valence electrons. The van der Waals surface area contributed by atoms with Gasteiger partial charge in [-0.05, 0) is 31.9 Å². The van der Waals surface area contributed by atoms with Crippen LogP contribution in [-0.2, 0) is 11.3 Å². The number of hydrazine groups is 1. The van der Waals surface area contributed by atoms with Gasteiger partial charge in [0.1, 0.15) is 0 Å². The topological polar surface area (TPSA) is 78.6 Å². The van der Waals surface area contributed by atoms with Crippen molar-refractivity contribution in [2.75, 3.05) is 13.2 Å². The Morgan fingerprint density at radius 3 is 2.35 bits per heavy atom. The molecule has 1 aromatic carbocycles. The van der Waals surface area contributed by atoms with Crippen LogP contribution in [0.25, 0.3) is 0 Å². The minimum absolute atomic E-state index is 0.157. The number of aliphatic hydroxyl groups excluding tert-OH is 1. The van der Waals surface area contributed by atoms with Crippen LogP contribution in [0.5, 0.6) is 0 Å². The molecule has 0 radical (unpaired) electrons. The Bertz CT molecular complexity index is 418. The standard InChI is InChI=1S/C15H25N3O2/c1-11(2)18(8-9-19)10-13-4-6-14(7-5-13)12(3)15(20)17-16/h4-7,11-12,19H,8-10,16H2,1-3H3,(H,17,20). The Morgan fingerprint density at radius 2 is 1.90 bits per heavy atom. The summed E-state index contributed by atoms with van der Waals surface area (Å²) in [6, 6.07) is 8.31. The molecule has 0 aliphatic heterocycles. The highest BCUT2D eigenvalue weighted by Gasteiger charge is 2.14. The number of hydrogen-bond acceptors (Lipinski definition) is 4. The Kier molecular flexibility index (Phi) is 6.64. The first-order valence-electron chi connectivity index (χ1n) is 6.93. The molecule has 0 aromatic heterocycles. The van der Waals surface area contributed by atoms with E-state index in [1.807, 2.05) is 31.2 Å². The molecule has 1 atom stereocenters. The highest BCUT2D eigenvalue weighted by Crippen LogP contribution is 2.17. The Balaban J connectivity index is 2.73. The third-order valence-corrected chi connectivity index (χ3v) is 3.52. The maximum atomic E-state index is 11.5. The fourth-order valence-corrected chi connectivity index (χ4v) is 2.07. The zero-order valence-electron chi connectivity index (χ0n) is 12.5. The van der Waals surface area contributed by atoms with Crippen LogP contribution in [-0.4, -0.2) is 35.1 Å². The highest BCUT2D eigenvalue weighted by atomic mass is 16.3. The first-order valence-corrected chi connectivity index (χ1v) is 6.93. The lowest BCUT2D eigenvalue weighted by molar-refractivity contribution is -0.122. The number of carbonyl (C=O) groups excluding carboxylic acids is 1. The Hall–Kier alpha value is -1.43. The van der Waals surface area contributed by atoms with E-state index in [4.69, 9.17) is 10.9 Å². The number of nitrogens with two attached hydrogens (primary N) is 1. The maximum Gasteiger partial charge on any atom is 0.241 e. The van der Waals surface area contributed by atoms with Crippen LogP contribution < -0.4 is 11.3 Å². The van der Waals surface area contributed by atoms with Gasteiger partial charge in [0, 0.05) is 19.1 Å². The molecular formula is C15H25N3O2. The molecule has 1 amide bonds. The monoisotopic (exact) mass is 279 g/mol. The molecule has 20 heavy (non-hydrogen) atoms. The van der Waals surface area contributed by atoms with Crippen molar-refractivity contribution in [3.05, 3.63) is 35.4 Å². The molecule has 0 bridgehead atoms. The van der Waals surface area contributed by atoms with Crippen molar-refractivity contribution in [3.63, 3.8) is 0 Å². The third-order valence-electron chi connectivity index (χ3n) is 3.52. The molecule has 0 spiro atoms. The second-order valence-electron chi connectivity index (χ2n) is 5.26. The number of hydrogen-bond donors (Lipinski definition) is 3. The largest absolute Gasteiger partial charge is 0.395 e. The normalized spacial score (nSPS) is 12.8. The van der Waals surface area contributed by atoms with E-state index < -0.39 is 0 Å². The summed E-state index contributed by atoms with van der Waals surface area (Å²) < 4.78 is 0. The first-order chi connectivity index (χ1) is 9.49. The zero-order chi connectivity index (χ0) is 15.1. The molecule has 0 fully saturated rings. The van der Waals surface area contributed by atoms with Crippen LogP contribution in [0.1, 0.15) is 37.8 Å². The molecule has 4 N–H and O–H groups in total. The number of aliphatic hydroxyl groups is 1. The average Bonchev–Trinajstić information content (AvgIpc) is 2.45. The van der Waals surface area contributed by atoms with E-state index in [2.05, 4.69) is 24.2 Å². The molecule has 0 aliphatic rings. The lowest BCUT2D eigenvalue weighted by atomic mass is 9.99. The van der Waals surface area contributed by atoms with Crippen LogP contribution in [0.3, 0.4) is 0 Å². The van der Waals surface area contributed by atoms with Gasteiger partial charge in [0.2, 0.25) is 5.91 Å². The maximum absolute atomic E-state index is 11.5. The Labute approximate surface area is 120 Å². The molecule has 0 saturated carbocycles. The quantitative estimate of drug-likeness (QED) is 0.395. The highest BCUT2D eigenvalue weighted by molar-refractivity contribution is 5.82. The molecule has 1 aromatic rings. The fourth-order valence-electron chi connectivity index (χ4n) is 2.07. The summed E-state index contributed by atoms with van der Waals surface area (Å²) in [7, 11) is 0. The van der Waals surface area contributed by atoms with Gasteiger partial charge in [0.05, 0.1) is 12.5 Å². The smallest absolute Gasteiger partial charge is 0.241 e. The molecule has 0 aliphatic carbocycles. The van der Waals surface area contributed by atoms with Gasteiger partial charge in [-0.3, -0.25) is 15.1 Å². The number of amides is 1. The van der Waals surface area contributed by atoms with Crippen molar-refractivity contribution >= 4 is 5.91 Å². The minimum atomic E-state index is -0.257. The average molecular weight is 279 g/mol. The van der Waals surface area contributed by atoms with Gasteiger partial charge in [0.25, 0.3) is 0 Å². The van der Waals surface area contributed by atoms with Gasteiger partial charge >= 0.3 is 0 Å². The van der Waals surface area contributed by atoms with E-state index in [1.54, 1.807) is 0 Å². The van der Waals surface area contributed by atoms with E-state index in [0.717, 1.165) is 17.7 Å². The van der Waals surface area contributed by atoms with E-state index in [9.17, 15) is 4.79 Å². The molecule has 1 unspecified atom stereocenters. The third kappa shape index (κ3) is 4.59. The second kappa shape index (κ2) is 7.99. The molecule has 5 nitrogen and oxygen atoms in total. The zero-order valence-corrected chi connectivity index (χ0v) is 12.5. The van der Waals surface area contributed by atoms with Crippen LogP contribution >= 0.6 is 0 Å². The summed E-state index contributed by atoms with van der Waals surface area (Å²) in [5.41, 5.74) is 4.27. The number of carbonyl (C=O) groups is 1. The SMILES string of the molecule is CC(C(=O)NN)c1ccc(CN(CCO)C(C)C)cc1. The fraction of sp³-hybridized carbons (Fsp3) is 0.533. The van der Waals surface area contributed by atoms with Gasteiger partial charge in [-0.15, -0.1) is 0 Å². The number of nitrogens with one attached hydrogen (secondary N) is 1. The molecule has 0 saturated heterocycles. The van der Waals surface area contributed by atoms with E-state index in [0.29, 0.717) is 12.6 Å². The lowest BCUT2D eigenvalue weighted by Crippen LogP contribution is -2.34. The summed E-state index contributed by atoms with van der Waals surface area (Å²) in [5, 5.41) is 9.07. The number of nitrogens with zero attached hydrogens (tertiary/aromatic N) is 1. The molecule has 0 heterocycles. The van der Waals surface area contributed by atoms with Crippen LogP contribution in [0.4, 0.5) is 0 Å². The van der Waals surface area contributed by atoms with Crippen LogP contribution in [0.15, 0.2) is 24.3 Å². The minimum Gasteiger partial charge on any atom is -0.395 e. The summed E-state index contributed by atoms with van der Waals surface area (Å²) in [4.78, 5) is 13.7. The van der Waals surface area contributed by atoms with Crippen molar-refractivity contribution < 1.29 is 9.90 Å². The first kappa shape index (κ1) is 16.6. The van der Waals surface area contributed by atoms with Crippen molar-refractivity contribution in [1.82, 2.24) is 10.3 Å². The van der Waals surface area contributed by atoms with Crippen molar-refractivity contribution in [2.24, 2.45) is 5.84 Å². The predicted octanol–water partition coefficient (Wildman–Crippen LogP) is 0.983. The predicted molar refractivity (Wildman–Crippen MR) is 79.8 cm³/mol. The number of rotatable bonds is 7. The van der Waals surface area contributed by atoms with E-state index in [1.165, 1.54) is 0 Å². The van der Waals surface area contributed by atoms with Gasteiger partial charge in [-0.2, -0.15) is 0 Å². The van der Waals surface area contributed by atoms with Crippen molar-refractivity contribution in [1.29, 1.82) is 0 Å². The summed E-state index contributed by atoms with van der Waals surface area (Å²) in [6.45, 7) is 7.64. The van der Waals surface area contributed by atoms with E-state index >= 15 is 0 Å². The van der Waals surface area contributed by atoms with E-state index in [-0.39, 0.29) is 18.4 Å². The summed E-state index contributed by atoms with van der Waals surface area (Å²) in [5.74, 6) is 4.69. The van der Waals surface area contributed by atoms with Crippen LogP contribution in [0.2, 0.25) is 0 Å². The van der Waals surface area contributed by atoms with Gasteiger partial charge in [-0.25, -0.2) is 5.84 Å². The van der Waals surface area contributed by atoms with Crippen molar-refractivity contribution in [3.8, 4) is 0 Å². The van der Waals surface area contributed by atoms with Gasteiger partial charge in [-0.1, -0.05) is 24.3 Å². The summed E-state index contributed by atoms with van der Waals surface area (Å²) in [6.07, 6.45) is 0. The molecule has 1 rings (SSSR count). The summed E-state index contributed by atoms with van der Waals surface area (Å²) >= 11 is 0. The van der Waals surface area contributed by atoms with Crippen molar-refractivity contribution in [2.45, 2.75) is 39.3 Å². The lowest BCUT2D eigenvalue weighted by Gasteiger charge is -2.25.